The summed E-state index contributed by atoms with van der Waals surface area (Å²) >= 11 is 0. The molecular formula is C3H15B3N6. The minimum Gasteiger partial charge on any atom is -0.342 e. The van der Waals surface area contributed by atoms with Gasteiger partial charge in [-0.3, -0.25) is 0 Å². The number of nitrogens with zero attached hydrogens (tertiary/aromatic N) is 3. The smallest absolute Gasteiger partial charge is 0.342 e. The summed E-state index contributed by atoms with van der Waals surface area (Å²) in [5.41, 5.74) is 17.5. The number of hydrogen-bond donors (Lipinski definition) is 3. The molecule has 0 aromatic heterocycles. The summed E-state index contributed by atoms with van der Waals surface area (Å²) in [4.78, 5) is 0. The first-order valence-electron chi connectivity index (χ1n) is 3.89. The van der Waals surface area contributed by atoms with E-state index in [1.165, 1.54) is 0 Å². The van der Waals surface area contributed by atoms with Crippen LogP contribution in [-0.2, 0) is 0 Å². The SMILES string of the molecule is CN1B(N)N(C)B(N)N(C)B1N. The highest BCUT2D eigenvalue weighted by atomic mass is 15.4. The zero-order chi connectivity index (χ0) is 9.46. The molecule has 0 spiro atoms. The Morgan fingerprint density at radius 2 is 0.833 bits per heavy atom. The maximum absolute atomic E-state index is 5.83. The second-order valence-electron chi connectivity index (χ2n) is 3.24. The largest absolute Gasteiger partial charge is 0.378 e. The third-order valence-electron chi connectivity index (χ3n) is 2.50. The van der Waals surface area contributed by atoms with Gasteiger partial charge in [0.15, 0.2) is 0 Å². The van der Waals surface area contributed by atoms with Crippen molar-refractivity contribution in [1.82, 2.24) is 14.2 Å². The zero-order valence-corrected chi connectivity index (χ0v) is 7.81. The average Bonchev–Trinajstić information content (AvgIpc) is 2.08. The van der Waals surface area contributed by atoms with E-state index in [1.807, 2.05) is 35.3 Å². The third kappa shape index (κ3) is 1.39. The molecule has 12 heavy (non-hydrogen) atoms. The highest BCUT2D eigenvalue weighted by molar-refractivity contribution is 6.82. The van der Waals surface area contributed by atoms with Crippen molar-refractivity contribution in [3.8, 4) is 0 Å². The molecule has 0 aliphatic carbocycles. The highest BCUT2D eigenvalue weighted by Crippen LogP contribution is 2.05. The summed E-state index contributed by atoms with van der Waals surface area (Å²) in [7, 11) is 4.96. The van der Waals surface area contributed by atoms with Crippen LogP contribution < -0.4 is 16.9 Å². The van der Waals surface area contributed by atoms with Gasteiger partial charge in [-0.25, -0.2) is 0 Å². The summed E-state index contributed by atoms with van der Waals surface area (Å²) in [6.07, 6.45) is 0. The monoisotopic (exact) mass is 168 g/mol. The van der Waals surface area contributed by atoms with Gasteiger partial charge in [-0.2, -0.15) is 0 Å². The molecule has 6 N–H and O–H groups in total. The number of nitrogens with two attached hydrogens (primary N) is 3. The molecule has 0 bridgehead atoms. The van der Waals surface area contributed by atoms with E-state index in [4.69, 9.17) is 16.9 Å². The Morgan fingerprint density at radius 3 is 1.00 bits per heavy atom. The summed E-state index contributed by atoms with van der Waals surface area (Å²) in [5, 5.41) is 0. The molecule has 0 atom stereocenters. The van der Waals surface area contributed by atoms with E-state index in [2.05, 4.69) is 0 Å². The fourth-order valence-electron chi connectivity index (χ4n) is 1.33. The van der Waals surface area contributed by atoms with E-state index in [1.54, 1.807) is 0 Å². The van der Waals surface area contributed by atoms with E-state index in [-0.39, 0.29) is 21.4 Å². The second-order valence-corrected chi connectivity index (χ2v) is 3.24. The molecule has 1 rings (SSSR count). The molecule has 0 saturated carbocycles. The van der Waals surface area contributed by atoms with Gasteiger partial charge >= 0.3 is 21.4 Å². The van der Waals surface area contributed by atoms with Crippen molar-refractivity contribution >= 4 is 21.4 Å². The molecule has 0 radical (unpaired) electrons. The van der Waals surface area contributed by atoms with Crippen LogP contribution in [0.1, 0.15) is 0 Å². The highest BCUT2D eigenvalue weighted by Gasteiger charge is 2.44. The fourth-order valence-corrected chi connectivity index (χ4v) is 1.33. The lowest BCUT2D eigenvalue weighted by Gasteiger charge is -2.45. The molecular weight excluding hydrogens is 153 g/mol. The lowest BCUT2D eigenvalue weighted by atomic mass is 9.59. The molecule has 1 aliphatic rings. The van der Waals surface area contributed by atoms with Gasteiger partial charge in [-0.1, -0.05) is 0 Å². The maximum atomic E-state index is 5.83. The summed E-state index contributed by atoms with van der Waals surface area (Å²) in [6, 6.07) is 0. The Bertz CT molecular complexity index is 110. The van der Waals surface area contributed by atoms with Gasteiger partial charge < -0.3 is 31.1 Å². The Hall–Kier alpha value is -0.0452. The Kier molecular flexibility index (Phi) is 2.82. The van der Waals surface area contributed by atoms with Crippen LogP contribution in [0.2, 0.25) is 0 Å². The molecule has 66 valence electrons. The van der Waals surface area contributed by atoms with Crippen molar-refractivity contribution in [3.05, 3.63) is 0 Å². The lowest BCUT2D eigenvalue weighted by molar-refractivity contribution is 0.530. The summed E-state index contributed by atoms with van der Waals surface area (Å²) in [6.45, 7) is 0. The van der Waals surface area contributed by atoms with Crippen molar-refractivity contribution in [2.45, 2.75) is 0 Å². The minimum atomic E-state index is -0.216. The first-order chi connectivity index (χ1) is 5.46. The summed E-state index contributed by atoms with van der Waals surface area (Å²) in [5.74, 6) is 0. The quantitative estimate of drug-likeness (QED) is 0.327. The second kappa shape index (κ2) is 3.37. The molecule has 1 fully saturated rings. The van der Waals surface area contributed by atoms with Crippen LogP contribution in [0.5, 0.6) is 0 Å². The lowest BCUT2D eigenvalue weighted by Crippen LogP contribution is -2.82. The van der Waals surface area contributed by atoms with E-state index >= 15 is 0 Å². The van der Waals surface area contributed by atoms with Crippen LogP contribution >= 0.6 is 0 Å². The molecule has 6 nitrogen and oxygen atoms in total. The average molecular weight is 168 g/mol. The zero-order valence-electron chi connectivity index (χ0n) is 7.81. The molecule has 0 aromatic carbocycles. The van der Waals surface area contributed by atoms with Crippen LogP contribution in [-0.4, -0.2) is 56.7 Å². The Morgan fingerprint density at radius 1 is 0.667 bits per heavy atom. The van der Waals surface area contributed by atoms with Crippen molar-refractivity contribution in [1.29, 1.82) is 0 Å². The van der Waals surface area contributed by atoms with E-state index in [0.717, 1.165) is 0 Å². The van der Waals surface area contributed by atoms with Gasteiger partial charge in [0.1, 0.15) is 0 Å². The van der Waals surface area contributed by atoms with E-state index in [0.29, 0.717) is 0 Å². The van der Waals surface area contributed by atoms with Crippen molar-refractivity contribution < 1.29 is 0 Å². The molecule has 0 amide bonds. The molecule has 0 aromatic rings. The van der Waals surface area contributed by atoms with Gasteiger partial charge in [-0.05, 0) is 21.1 Å². The molecule has 0 unspecified atom stereocenters. The van der Waals surface area contributed by atoms with Crippen LogP contribution in [0.25, 0.3) is 0 Å². The topological polar surface area (TPSA) is 87.8 Å². The predicted octanol–water partition coefficient (Wildman–Crippen LogP) is -3.37. The third-order valence-corrected chi connectivity index (χ3v) is 2.50. The van der Waals surface area contributed by atoms with Crippen molar-refractivity contribution in [2.24, 2.45) is 16.9 Å². The van der Waals surface area contributed by atoms with Crippen molar-refractivity contribution in [3.63, 3.8) is 0 Å². The Labute approximate surface area is 74.4 Å². The number of rotatable bonds is 0. The maximum Gasteiger partial charge on any atom is 0.378 e. The Balaban J connectivity index is 2.76. The molecule has 1 saturated heterocycles. The molecule has 9 heteroatoms. The number of hydrogen-bond acceptors (Lipinski definition) is 6. The first-order valence-corrected chi connectivity index (χ1v) is 3.89. The van der Waals surface area contributed by atoms with Gasteiger partial charge in [0.05, 0.1) is 0 Å². The van der Waals surface area contributed by atoms with Crippen LogP contribution in [0.4, 0.5) is 0 Å². The minimum absolute atomic E-state index is 0.216. The van der Waals surface area contributed by atoms with E-state index < -0.39 is 0 Å². The predicted molar refractivity (Wildman–Crippen MR) is 53.1 cm³/mol. The fraction of sp³-hybridized carbons (Fsp3) is 1.00. The van der Waals surface area contributed by atoms with Crippen LogP contribution in [0.3, 0.4) is 0 Å². The molecule has 1 aliphatic heterocycles. The first kappa shape index (κ1) is 10.0. The standard InChI is InChI=1S/C3H15B3N6/c1-10-4(7)11(2)6(9)12(3)5(10)8/h7-9H2,1-3H3. The van der Waals surface area contributed by atoms with Gasteiger partial charge in [0, 0.05) is 0 Å². The van der Waals surface area contributed by atoms with Gasteiger partial charge in [0.25, 0.3) is 0 Å². The van der Waals surface area contributed by atoms with Gasteiger partial charge in [-0.15, -0.1) is 0 Å². The molecule has 1 heterocycles. The normalized spacial score (nSPS) is 24.0. The van der Waals surface area contributed by atoms with E-state index in [9.17, 15) is 0 Å². The van der Waals surface area contributed by atoms with Crippen LogP contribution in [0, 0.1) is 0 Å². The van der Waals surface area contributed by atoms with Crippen LogP contribution in [0.15, 0.2) is 0 Å². The van der Waals surface area contributed by atoms with Crippen molar-refractivity contribution in [2.75, 3.05) is 21.1 Å². The van der Waals surface area contributed by atoms with Gasteiger partial charge in [0.2, 0.25) is 0 Å². The summed E-state index contributed by atoms with van der Waals surface area (Å²) < 4.78 is 5.55.